The second kappa shape index (κ2) is 6.19. The monoisotopic (exact) mass is 248 g/mol. The van der Waals surface area contributed by atoms with E-state index in [4.69, 9.17) is 10.5 Å². The molecule has 1 saturated carbocycles. The molecule has 1 fully saturated rings. The smallest absolute Gasteiger partial charge is 0.127 e. The lowest BCUT2D eigenvalue weighted by molar-refractivity contribution is 0.121. The second-order valence-electron chi connectivity index (χ2n) is 5.32. The van der Waals surface area contributed by atoms with Gasteiger partial charge in [-0.2, -0.15) is 0 Å². The number of rotatable bonds is 4. The predicted octanol–water partition coefficient (Wildman–Crippen LogP) is 3.20. The van der Waals surface area contributed by atoms with Crippen molar-refractivity contribution in [3.63, 3.8) is 0 Å². The fourth-order valence-corrected chi connectivity index (χ4v) is 2.73. The summed E-state index contributed by atoms with van der Waals surface area (Å²) in [5.74, 6) is 1.76. The Morgan fingerprint density at radius 1 is 1.44 bits per heavy atom. The van der Waals surface area contributed by atoms with Gasteiger partial charge in [-0.05, 0) is 32.1 Å². The summed E-state index contributed by atoms with van der Waals surface area (Å²) in [7, 11) is 0. The van der Waals surface area contributed by atoms with Crippen LogP contribution in [0.15, 0.2) is 12.3 Å². The van der Waals surface area contributed by atoms with Crippen LogP contribution in [0.1, 0.15) is 50.3 Å². The van der Waals surface area contributed by atoms with E-state index in [0.717, 1.165) is 22.9 Å². The van der Waals surface area contributed by atoms with Crippen LogP contribution < -0.4 is 10.5 Å². The zero-order chi connectivity index (χ0) is 13.0. The van der Waals surface area contributed by atoms with Crippen LogP contribution in [0.4, 0.5) is 0 Å². The molecule has 1 aliphatic carbocycles. The van der Waals surface area contributed by atoms with Crippen LogP contribution in [-0.4, -0.2) is 11.1 Å². The van der Waals surface area contributed by atoms with Gasteiger partial charge in [0.05, 0.1) is 6.10 Å². The summed E-state index contributed by atoms with van der Waals surface area (Å²) in [5, 5.41) is 0. The SMILES string of the molecule is CCC1CCCC(Oc2cc(C)ncc2CN)C1. The van der Waals surface area contributed by atoms with Crippen molar-refractivity contribution in [2.75, 3.05) is 0 Å². The molecule has 0 radical (unpaired) electrons. The third kappa shape index (κ3) is 3.22. The molecule has 0 saturated heterocycles. The Balaban J connectivity index is 2.06. The second-order valence-corrected chi connectivity index (χ2v) is 5.32. The van der Waals surface area contributed by atoms with Gasteiger partial charge >= 0.3 is 0 Å². The minimum atomic E-state index is 0.357. The Kier molecular flexibility index (Phi) is 4.59. The Morgan fingerprint density at radius 2 is 2.28 bits per heavy atom. The van der Waals surface area contributed by atoms with Crippen molar-refractivity contribution in [1.29, 1.82) is 0 Å². The van der Waals surface area contributed by atoms with Gasteiger partial charge < -0.3 is 10.5 Å². The third-order valence-corrected chi connectivity index (χ3v) is 3.91. The summed E-state index contributed by atoms with van der Waals surface area (Å²) < 4.78 is 6.17. The molecule has 0 bridgehead atoms. The van der Waals surface area contributed by atoms with Crippen molar-refractivity contribution in [3.8, 4) is 5.75 Å². The molecule has 1 aromatic heterocycles. The van der Waals surface area contributed by atoms with Crippen LogP contribution in [0.3, 0.4) is 0 Å². The fourth-order valence-electron chi connectivity index (χ4n) is 2.73. The molecule has 0 aromatic carbocycles. The summed E-state index contributed by atoms with van der Waals surface area (Å²) in [5.41, 5.74) is 7.74. The average Bonchev–Trinajstić information content (AvgIpc) is 2.39. The molecule has 3 heteroatoms. The van der Waals surface area contributed by atoms with Crippen molar-refractivity contribution in [2.45, 2.75) is 58.6 Å². The van der Waals surface area contributed by atoms with Gasteiger partial charge in [0.25, 0.3) is 0 Å². The van der Waals surface area contributed by atoms with E-state index in [1.165, 1.54) is 32.1 Å². The highest BCUT2D eigenvalue weighted by Crippen LogP contribution is 2.30. The van der Waals surface area contributed by atoms with Gasteiger partial charge in [0.15, 0.2) is 0 Å². The van der Waals surface area contributed by atoms with Crippen LogP contribution in [0, 0.1) is 12.8 Å². The van der Waals surface area contributed by atoms with Crippen molar-refractivity contribution in [1.82, 2.24) is 4.98 Å². The highest BCUT2D eigenvalue weighted by atomic mass is 16.5. The molecule has 2 N–H and O–H groups in total. The number of ether oxygens (including phenoxy) is 1. The first-order valence-electron chi connectivity index (χ1n) is 7.05. The van der Waals surface area contributed by atoms with Crippen LogP contribution >= 0.6 is 0 Å². The number of nitrogens with zero attached hydrogens (tertiary/aromatic N) is 1. The number of aromatic nitrogens is 1. The highest BCUT2D eigenvalue weighted by molar-refractivity contribution is 5.32. The van der Waals surface area contributed by atoms with E-state index in [1.54, 1.807) is 0 Å². The van der Waals surface area contributed by atoms with Crippen molar-refractivity contribution in [3.05, 3.63) is 23.5 Å². The van der Waals surface area contributed by atoms with Crippen LogP contribution in [0.2, 0.25) is 0 Å². The van der Waals surface area contributed by atoms with Crippen LogP contribution in [-0.2, 0) is 6.54 Å². The number of aryl methyl sites for hydroxylation is 1. The molecule has 2 atom stereocenters. The average molecular weight is 248 g/mol. The summed E-state index contributed by atoms with van der Waals surface area (Å²) >= 11 is 0. The molecule has 3 nitrogen and oxygen atoms in total. The Hall–Kier alpha value is -1.09. The van der Waals surface area contributed by atoms with Gasteiger partial charge in [-0.15, -0.1) is 0 Å². The Bertz CT molecular complexity index is 392. The number of hydrogen-bond donors (Lipinski definition) is 1. The molecule has 1 heterocycles. The first-order valence-corrected chi connectivity index (χ1v) is 7.05. The minimum Gasteiger partial charge on any atom is -0.490 e. The maximum absolute atomic E-state index is 6.17. The molecule has 100 valence electrons. The van der Waals surface area contributed by atoms with Crippen LogP contribution in [0.25, 0.3) is 0 Å². The number of hydrogen-bond acceptors (Lipinski definition) is 3. The molecule has 0 spiro atoms. The van der Waals surface area contributed by atoms with E-state index in [9.17, 15) is 0 Å². The summed E-state index contributed by atoms with van der Waals surface area (Å²) in [4.78, 5) is 4.27. The lowest BCUT2D eigenvalue weighted by Gasteiger charge is -2.29. The van der Waals surface area contributed by atoms with Gasteiger partial charge in [-0.3, -0.25) is 4.98 Å². The normalized spacial score (nSPS) is 23.9. The third-order valence-electron chi connectivity index (χ3n) is 3.91. The Labute approximate surface area is 110 Å². The summed E-state index contributed by atoms with van der Waals surface area (Å²) in [6.45, 7) is 4.75. The standard InChI is InChI=1S/C15H24N2O/c1-3-12-5-4-6-14(8-12)18-15-7-11(2)17-10-13(15)9-16/h7,10,12,14H,3-6,8-9,16H2,1-2H3. The van der Waals surface area contributed by atoms with E-state index in [2.05, 4.69) is 11.9 Å². The van der Waals surface area contributed by atoms with Crippen molar-refractivity contribution < 1.29 is 4.74 Å². The molecule has 1 aliphatic rings. The lowest BCUT2D eigenvalue weighted by atomic mass is 9.85. The molecule has 0 aliphatic heterocycles. The maximum atomic E-state index is 6.17. The highest BCUT2D eigenvalue weighted by Gasteiger charge is 2.22. The first kappa shape index (κ1) is 13.3. The topological polar surface area (TPSA) is 48.1 Å². The molecule has 2 unspecified atom stereocenters. The van der Waals surface area contributed by atoms with Crippen molar-refractivity contribution >= 4 is 0 Å². The van der Waals surface area contributed by atoms with Crippen molar-refractivity contribution in [2.24, 2.45) is 11.7 Å². The molecule has 1 aromatic rings. The van der Waals surface area contributed by atoms with Gasteiger partial charge in [0, 0.05) is 30.1 Å². The zero-order valence-corrected chi connectivity index (χ0v) is 11.5. The van der Waals surface area contributed by atoms with E-state index >= 15 is 0 Å². The molecular formula is C15H24N2O. The van der Waals surface area contributed by atoms with Gasteiger partial charge in [-0.1, -0.05) is 19.8 Å². The van der Waals surface area contributed by atoms with E-state index in [-0.39, 0.29) is 0 Å². The summed E-state index contributed by atoms with van der Waals surface area (Å²) in [6.07, 6.45) is 8.45. The molecule has 2 rings (SSSR count). The first-order chi connectivity index (χ1) is 8.72. The minimum absolute atomic E-state index is 0.357. The largest absolute Gasteiger partial charge is 0.490 e. The van der Waals surface area contributed by atoms with E-state index in [1.807, 2.05) is 19.2 Å². The molecule has 18 heavy (non-hydrogen) atoms. The predicted molar refractivity (Wildman–Crippen MR) is 73.5 cm³/mol. The van der Waals surface area contributed by atoms with E-state index < -0.39 is 0 Å². The van der Waals surface area contributed by atoms with Gasteiger partial charge in [0.1, 0.15) is 5.75 Å². The van der Waals surface area contributed by atoms with Gasteiger partial charge in [0.2, 0.25) is 0 Å². The quantitative estimate of drug-likeness (QED) is 0.890. The zero-order valence-electron chi connectivity index (χ0n) is 11.5. The maximum Gasteiger partial charge on any atom is 0.127 e. The summed E-state index contributed by atoms with van der Waals surface area (Å²) in [6, 6.07) is 2.01. The van der Waals surface area contributed by atoms with E-state index in [0.29, 0.717) is 12.6 Å². The van der Waals surface area contributed by atoms with Crippen LogP contribution in [0.5, 0.6) is 5.75 Å². The number of nitrogens with two attached hydrogens (primary N) is 1. The number of pyridine rings is 1. The Morgan fingerprint density at radius 3 is 3.00 bits per heavy atom. The molecular weight excluding hydrogens is 224 g/mol. The molecule has 0 amide bonds. The lowest BCUT2D eigenvalue weighted by Crippen LogP contribution is -2.25. The fraction of sp³-hybridized carbons (Fsp3) is 0.667. The van der Waals surface area contributed by atoms with Gasteiger partial charge in [-0.25, -0.2) is 0 Å².